The van der Waals surface area contributed by atoms with Gasteiger partial charge in [0.1, 0.15) is 24.6 Å². The maximum atomic E-state index is 10.8. The minimum absolute atomic E-state index is 0.258. The van der Waals surface area contributed by atoms with Gasteiger partial charge in [-0.05, 0) is 18.1 Å². The summed E-state index contributed by atoms with van der Waals surface area (Å²) < 4.78 is 23.1. The number of benzene rings is 1. The lowest BCUT2D eigenvalue weighted by molar-refractivity contribution is -0.490. The molecule has 2 aliphatic rings. The number of nitro groups is 1. The Morgan fingerprint density at radius 1 is 1.43 bits per heavy atom. The van der Waals surface area contributed by atoms with Crippen LogP contribution in [-0.4, -0.2) is 44.5 Å². The van der Waals surface area contributed by atoms with E-state index < -0.39 is 13.2 Å². The summed E-state index contributed by atoms with van der Waals surface area (Å²) >= 11 is 0. The largest absolute Gasteiger partial charge is 0.499 e. The van der Waals surface area contributed by atoms with Crippen LogP contribution in [0.15, 0.2) is 18.2 Å². The molecule has 124 valence electrons. The van der Waals surface area contributed by atoms with E-state index in [9.17, 15) is 10.1 Å². The molecule has 0 saturated heterocycles. The number of unbranched alkanes of at least 4 members (excludes halogenated alkanes) is 1. The second kappa shape index (κ2) is 7.29. The van der Waals surface area contributed by atoms with Crippen molar-refractivity contribution in [3.05, 3.63) is 33.9 Å². The molecule has 3 rings (SSSR count). The van der Waals surface area contributed by atoms with Gasteiger partial charge in [0.05, 0.1) is 6.61 Å². The van der Waals surface area contributed by atoms with Crippen LogP contribution >= 0.6 is 0 Å². The maximum Gasteiger partial charge on any atom is 0.499 e. The fourth-order valence-corrected chi connectivity index (χ4v) is 2.83. The zero-order valence-corrected chi connectivity index (χ0v) is 13.1. The Hall–Kier alpha value is -1.64. The van der Waals surface area contributed by atoms with Gasteiger partial charge < -0.3 is 18.8 Å². The molecular formula is C15H20BNO6. The first kappa shape index (κ1) is 16.2. The number of nitrogens with zero attached hydrogens (tertiary/aromatic N) is 1. The zero-order chi connectivity index (χ0) is 16.2. The van der Waals surface area contributed by atoms with Gasteiger partial charge in [-0.15, -0.1) is 0 Å². The number of hydrogen-bond donors (Lipinski definition) is 0. The van der Waals surface area contributed by atoms with Crippen molar-refractivity contribution in [2.45, 2.75) is 32.0 Å². The molecule has 2 aliphatic heterocycles. The van der Waals surface area contributed by atoms with Crippen LogP contribution in [0.3, 0.4) is 0 Å². The average Bonchev–Trinajstić information content (AvgIpc) is 2.75. The standard InChI is InChI=1S/C15H20BNO6/c1-2-3-7-20-9-11-10-21-13-6-4-5-12-14(8-17(18)19)23-16(22-11)15(12)13/h4-6,11,14H,2-3,7-10H2,1H3. The second-order valence-electron chi connectivity index (χ2n) is 5.73. The molecule has 0 radical (unpaired) electrons. The van der Waals surface area contributed by atoms with Gasteiger partial charge in [0.2, 0.25) is 6.54 Å². The zero-order valence-electron chi connectivity index (χ0n) is 13.1. The third kappa shape index (κ3) is 3.65. The summed E-state index contributed by atoms with van der Waals surface area (Å²) in [4.78, 5) is 10.5. The van der Waals surface area contributed by atoms with Gasteiger partial charge in [0.25, 0.3) is 0 Å². The number of hydrogen-bond acceptors (Lipinski definition) is 6. The molecule has 2 unspecified atom stereocenters. The van der Waals surface area contributed by atoms with Crippen molar-refractivity contribution >= 4 is 12.6 Å². The van der Waals surface area contributed by atoms with Crippen LogP contribution in [0.25, 0.3) is 0 Å². The third-order valence-electron chi connectivity index (χ3n) is 3.97. The minimum Gasteiger partial charge on any atom is -0.491 e. The SMILES string of the molecule is CCCCOCC1COc2cccc3c2B(O1)OC3C[N+](=O)[O-]. The van der Waals surface area contributed by atoms with Crippen molar-refractivity contribution in [1.82, 2.24) is 0 Å². The van der Waals surface area contributed by atoms with Crippen molar-refractivity contribution in [1.29, 1.82) is 0 Å². The molecule has 0 amide bonds. The molecule has 0 bridgehead atoms. The molecule has 7 nitrogen and oxygen atoms in total. The molecule has 0 N–H and O–H groups in total. The van der Waals surface area contributed by atoms with E-state index >= 15 is 0 Å². The third-order valence-corrected chi connectivity index (χ3v) is 3.97. The first-order chi connectivity index (χ1) is 11.2. The summed E-state index contributed by atoms with van der Waals surface area (Å²) in [6.07, 6.45) is 1.22. The van der Waals surface area contributed by atoms with E-state index in [1.165, 1.54) is 0 Å². The first-order valence-electron chi connectivity index (χ1n) is 7.95. The van der Waals surface area contributed by atoms with E-state index in [4.69, 9.17) is 18.8 Å². The number of rotatable bonds is 7. The highest BCUT2D eigenvalue weighted by Gasteiger charge is 2.45. The van der Waals surface area contributed by atoms with Gasteiger partial charge in [-0.3, -0.25) is 10.1 Å². The summed E-state index contributed by atoms with van der Waals surface area (Å²) in [5, 5.41) is 10.8. The van der Waals surface area contributed by atoms with Gasteiger partial charge in [0.15, 0.2) is 0 Å². The quantitative estimate of drug-likeness (QED) is 0.326. The van der Waals surface area contributed by atoms with Crippen LogP contribution in [0.5, 0.6) is 5.75 Å². The molecular weight excluding hydrogens is 301 g/mol. The Bertz CT molecular complexity index is 569. The normalized spacial score (nSPS) is 22.4. The Labute approximate surface area is 135 Å². The van der Waals surface area contributed by atoms with E-state index in [1.54, 1.807) is 0 Å². The average molecular weight is 321 g/mol. The summed E-state index contributed by atoms with van der Waals surface area (Å²) in [6.45, 7) is 3.30. The first-order valence-corrected chi connectivity index (χ1v) is 7.95. The summed E-state index contributed by atoms with van der Waals surface area (Å²) in [5.74, 6) is 0.675. The fraction of sp³-hybridized carbons (Fsp3) is 0.600. The predicted molar refractivity (Wildman–Crippen MR) is 83.6 cm³/mol. The lowest BCUT2D eigenvalue weighted by Gasteiger charge is -2.18. The van der Waals surface area contributed by atoms with Crippen LogP contribution < -0.4 is 10.2 Å². The van der Waals surface area contributed by atoms with Gasteiger partial charge in [-0.1, -0.05) is 25.5 Å². The van der Waals surface area contributed by atoms with E-state index in [-0.39, 0.29) is 17.6 Å². The molecule has 0 aromatic heterocycles. The molecule has 0 fully saturated rings. The van der Waals surface area contributed by atoms with Crippen molar-refractivity contribution in [3.63, 3.8) is 0 Å². The Morgan fingerprint density at radius 3 is 3.09 bits per heavy atom. The highest BCUT2D eigenvalue weighted by Crippen LogP contribution is 2.31. The fourth-order valence-electron chi connectivity index (χ4n) is 2.83. The van der Waals surface area contributed by atoms with E-state index in [2.05, 4.69) is 6.92 Å². The van der Waals surface area contributed by atoms with Gasteiger partial charge in [-0.2, -0.15) is 0 Å². The van der Waals surface area contributed by atoms with Crippen molar-refractivity contribution < 1.29 is 23.7 Å². The van der Waals surface area contributed by atoms with Gasteiger partial charge in [0, 0.05) is 17.0 Å². The predicted octanol–water partition coefficient (Wildman–Crippen LogP) is 1.32. The molecule has 0 saturated carbocycles. The summed E-state index contributed by atoms with van der Waals surface area (Å²) in [5.41, 5.74) is 1.55. The lowest BCUT2D eigenvalue weighted by atomic mass is 9.77. The molecule has 1 aromatic rings. The lowest BCUT2D eigenvalue weighted by Crippen LogP contribution is -2.37. The maximum absolute atomic E-state index is 10.8. The van der Waals surface area contributed by atoms with Crippen molar-refractivity contribution in [3.8, 4) is 5.75 Å². The monoisotopic (exact) mass is 321 g/mol. The highest BCUT2D eigenvalue weighted by atomic mass is 16.6. The smallest absolute Gasteiger partial charge is 0.491 e. The van der Waals surface area contributed by atoms with Crippen molar-refractivity contribution in [2.24, 2.45) is 0 Å². The Balaban J connectivity index is 1.71. The van der Waals surface area contributed by atoms with E-state index in [0.29, 0.717) is 25.6 Å². The van der Waals surface area contributed by atoms with E-state index in [0.717, 1.165) is 23.9 Å². The molecule has 0 spiro atoms. The Morgan fingerprint density at radius 2 is 2.30 bits per heavy atom. The number of ether oxygens (including phenoxy) is 2. The van der Waals surface area contributed by atoms with Crippen LogP contribution in [-0.2, 0) is 14.0 Å². The molecule has 0 aliphatic carbocycles. The molecule has 23 heavy (non-hydrogen) atoms. The van der Waals surface area contributed by atoms with Crippen LogP contribution in [0.4, 0.5) is 0 Å². The van der Waals surface area contributed by atoms with Gasteiger partial charge >= 0.3 is 7.12 Å². The molecule has 2 heterocycles. The van der Waals surface area contributed by atoms with Crippen LogP contribution in [0.1, 0.15) is 31.4 Å². The van der Waals surface area contributed by atoms with Gasteiger partial charge in [-0.25, -0.2) is 0 Å². The summed E-state index contributed by atoms with van der Waals surface area (Å²) in [6, 6.07) is 5.50. The van der Waals surface area contributed by atoms with E-state index in [1.807, 2.05) is 18.2 Å². The highest BCUT2D eigenvalue weighted by molar-refractivity contribution is 6.64. The van der Waals surface area contributed by atoms with Crippen molar-refractivity contribution in [2.75, 3.05) is 26.4 Å². The topological polar surface area (TPSA) is 80.1 Å². The molecule has 2 atom stereocenters. The molecule has 8 heteroatoms. The Kier molecular flexibility index (Phi) is 5.14. The second-order valence-corrected chi connectivity index (χ2v) is 5.73. The van der Waals surface area contributed by atoms with Crippen LogP contribution in [0, 0.1) is 10.1 Å². The molecule has 1 aromatic carbocycles. The summed E-state index contributed by atoms with van der Waals surface area (Å²) in [7, 11) is -0.631. The van der Waals surface area contributed by atoms with Crippen LogP contribution in [0.2, 0.25) is 0 Å². The minimum atomic E-state index is -0.631.